The number of sulfonamides is 1. The van der Waals surface area contributed by atoms with Gasteiger partial charge in [-0.25, -0.2) is 13.1 Å². The summed E-state index contributed by atoms with van der Waals surface area (Å²) in [5.74, 6) is -0.621. The van der Waals surface area contributed by atoms with E-state index in [0.717, 1.165) is 0 Å². The van der Waals surface area contributed by atoms with Gasteiger partial charge in [-0.15, -0.1) is 0 Å². The first-order valence-electron chi connectivity index (χ1n) is 5.93. The molecule has 0 spiro atoms. The molecular formula is C12H18N2O5S. The minimum atomic E-state index is -3.67. The maximum absolute atomic E-state index is 11.9. The van der Waals surface area contributed by atoms with Crippen LogP contribution < -0.4 is 10.5 Å². The Bertz CT molecular complexity index is 541. The van der Waals surface area contributed by atoms with Crippen LogP contribution in [0.5, 0.6) is 0 Å². The number of nitrogens with one attached hydrogen (secondary N) is 1. The molecule has 1 aromatic carbocycles. The number of carbonyl (C=O) groups excluding carboxylic acids is 1. The third-order valence-electron chi connectivity index (χ3n) is 2.58. The highest BCUT2D eigenvalue weighted by Crippen LogP contribution is 2.10. The standard InChI is InChI=1S/C12H18N2O5S/c1-19-8-10(15)6-7-14-20(17,18)11-4-2-9(3-5-11)12(13)16/h2-5,10,14-15H,6-8H2,1H3,(H2,13,16). The van der Waals surface area contributed by atoms with Crippen molar-refractivity contribution in [3.8, 4) is 0 Å². The third kappa shape index (κ3) is 4.89. The molecule has 8 heteroatoms. The molecule has 0 saturated heterocycles. The minimum absolute atomic E-state index is 0.0312. The smallest absolute Gasteiger partial charge is 0.248 e. The number of ether oxygens (including phenoxy) is 1. The van der Waals surface area contributed by atoms with Crippen molar-refractivity contribution in [2.75, 3.05) is 20.3 Å². The molecule has 1 aromatic rings. The first kappa shape index (κ1) is 16.6. The number of aliphatic hydroxyl groups excluding tert-OH is 1. The molecule has 0 aliphatic carbocycles. The fraction of sp³-hybridized carbons (Fsp3) is 0.417. The number of primary amides is 1. The van der Waals surface area contributed by atoms with Gasteiger partial charge in [-0.3, -0.25) is 4.79 Å². The lowest BCUT2D eigenvalue weighted by molar-refractivity contribution is 0.0603. The average Bonchev–Trinajstić information content (AvgIpc) is 2.39. The van der Waals surface area contributed by atoms with Crippen LogP contribution in [0.1, 0.15) is 16.8 Å². The highest BCUT2D eigenvalue weighted by atomic mass is 32.2. The Balaban J connectivity index is 2.62. The first-order chi connectivity index (χ1) is 9.36. The summed E-state index contributed by atoms with van der Waals surface area (Å²) in [4.78, 5) is 10.9. The molecule has 1 unspecified atom stereocenters. The van der Waals surface area contributed by atoms with Crippen LogP contribution in [0.2, 0.25) is 0 Å². The quantitative estimate of drug-likeness (QED) is 0.596. The van der Waals surface area contributed by atoms with Gasteiger partial charge in [-0.2, -0.15) is 0 Å². The number of benzene rings is 1. The monoisotopic (exact) mass is 302 g/mol. The molecule has 7 nitrogen and oxygen atoms in total. The van der Waals surface area contributed by atoms with Gasteiger partial charge in [0.1, 0.15) is 0 Å². The Morgan fingerprint density at radius 1 is 1.40 bits per heavy atom. The summed E-state index contributed by atoms with van der Waals surface area (Å²) >= 11 is 0. The van der Waals surface area contributed by atoms with E-state index in [-0.39, 0.29) is 30.0 Å². The van der Waals surface area contributed by atoms with E-state index < -0.39 is 22.0 Å². The van der Waals surface area contributed by atoms with E-state index in [2.05, 4.69) is 4.72 Å². The second kappa shape index (κ2) is 7.34. The normalized spacial score (nSPS) is 13.1. The zero-order valence-electron chi connectivity index (χ0n) is 11.1. The molecule has 0 saturated carbocycles. The van der Waals surface area contributed by atoms with Gasteiger partial charge in [0.2, 0.25) is 15.9 Å². The summed E-state index contributed by atoms with van der Waals surface area (Å²) in [6.45, 7) is 0.236. The Hall–Kier alpha value is -1.48. The van der Waals surface area contributed by atoms with Crippen molar-refractivity contribution in [2.45, 2.75) is 17.4 Å². The first-order valence-corrected chi connectivity index (χ1v) is 7.41. The summed E-state index contributed by atoms with van der Waals surface area (Å²) < 4.78 is 30.9. The maximum Gasteiger partial charge on any atom is 0.248 e. The molecule has 0 bridgehead atoms. The molecule has 0 heterocycles. The van der Waals surface area contributed by atoms with Crippen molar-refractivity contribution in [2.24, 2.45) is 5.73 Å². The van der Waals surface area contributed by atoms with Crippen LogP contribution in [0.15, 0.2) is 29.2 Å². The van der Waals surface area contributed by atoms with E-state index in [1.807, 2.05) is 0 Å². The van der Waals surface area contributed by atoms with Crippen LogP contribution in [-0.4, -0.2) is 45.8 Å². The molecular weight excluding hydrogens is 284 g/mol. The van der Waals surface area contributed by atoms with Crippen LogP contribution >= 0.6 is 0 Å². The largest absolute Gasteiger partial charge is 0.391 e. The summed E-state index contributed by atoms with van der Waals surface area (Å²) in [6.07, 6.45) is -0.480. The zero-order chi connectivity index (χ0) is 15.2. The molecule has 1 rings (SSSR count). The highest BCUT2D eigenvalue weighted by Gasteiger charge is 2.14. The Morgan fingerprint density at radius 3 is 2.50 bits per heavy atom. The molecule has 0 aromatic heterocycles. The number of hydrogen-bond acceptors (Lipinski definition) is 5. The number of rotatable bonds is 8. The van der Waals surface area contributed by atoms with Crippen LogP contribution in [0.3, 0.4) is 0 Å². The van der Waals surface area contributed by atoms with Crippen LogP contribution in [0.4, 0.5) is 0 Å². The van der Waals surface area contributed by atoms with Crippen molar-refractivity contribution in [3.05, 3.63) is 29.8 Å². The summed E-state index contributed by atoms with van der Waals surface area (Å²) in [6, 6.07) is 5.29. The predicted molar refractivity (Wildman–Crippen MR) is 72.6 cm³/mol. The summed E-state index contributed by atoms with van der Waals surface area (Å²) in [5.41, 5.74) is 5.31. The number of methoxy groups -OCH3 is 1. The number of aliphatic hydroxyl groups is 1. The molecule has 0 aliphatic heterocycles. The maximum atomic E-state index is 11.9. The predicted octanol–water partition coefficient (Wildman–Crippen LogP) is -0.539. The van der Waals surface area contributed by atoms with Gasteiger partial charge >= 0.3 is 0 Å². The van der Waals surface area contributed by atoms with Gasteiger partial charge in [-0.1, -0.05) is 0 Å². The van der Waals surface area contributed by atoms with Crippen molar-refractivity contribution in [1.82, 2.24) is 4.72 Å². The van der Waals surface area contributed by atoms with Crippen molar-refractivity contribution in [1.29, 1.82) is 0 Å². The molecule has 1 amide bonds. The molecule has 0 aliphatic rings. The van der Waals surface area contributed by atoms with Gasteiger partial charge in [0, 0.05) is 19.2 Å². The van der Waals surface area contributed by atoms with Crippen molar-refractivity contribution >= 4 is 15.9 Å². The van der Waals surface area contributed by atoms with E-state index in [1.54, 1.807) is 0 Å². The number of amides is 1. The Kier molecular flexibility index (Phi) is 6.08. The lowest BCUT2D eigenvalue weighted by atomic mass is 10.2. The molecule has 0 radical (unpaired) electrons. The second-order valence-electron chi connectivity index (χ2n) is 4.18. The SMILES string of the molecule is COCC(O)CCNS(=O)(=O)c1ccc(C(N)=O)cc1. The molecule has 112 valence electrons. The Morgan fingerprint density at radius 2 is 2.00 bits per heavy atom. The topological polar surface area (TPSA) is 119 Å². The Labute approximate surface area is 117 Å². The lowest BCUT2D eigenvalue weighted by Gasteiger charge is -2.10. The van der Waals surface area contributed by atoms with E-state index in [0.29, 0.717) is 0 Å². The molecule has 0 fully saturated rings. The minimum Gasteiger partial charge on any atom is -0.391 e. The molecule has 20 heavy (non-hydrogen) atoms. The summed E-state index contributed by atoms with van der Waals surface area (Å²) in [7, 11) is -2.22. The lowest BCUT2D eigenvalue weighted by Crippen LogP contribution is -2.28. The average molecular weight is 302 g/mol. The zero-order valence-corrected chi connectivity index (χ0v) is 11.9. The van der Waals surface area contributed by atoms with Gasteiger partial charge < -0.3 is 15.6 Å². The van der Waals surface area contributed by atoms with Gasteiger partial charge in [-0.05, 0) is 30.7 Å². The van der Waals surface area contributed by atoms with Crippen LogP contribution in [0.25, 0.3) is 0 Å². The van der Waals surface area contributed by atoms with E-state index in [4.69, 9.17) is 10.5 Å². The molecule has 4 N–H and O–H groups in total. The van der Waals surface area contributed by atoms with Gasteiger partial charge in [0.05, 0.1) is 17.6 Å². The summed E-state index contributed by atoms with van der Waals surface area (Å²) in [5, 5.41) is 9.40. The van der Waals surface area contributed by atoms with Crippen molar-refractivity contribution < 1.29 is 23.1 Å². The van der Waals surface area contributed by atoms with Crippen LogP contribution in [0, 0.1) is 0 Å². The highest BCUT2D eigenvalue weighted by molar-refractivity contribution is 7.89. The van der Waals surface area contributed by atoms with E-state index in [1.165, 1.54) is 31.4 Å². The van der Waals surface area contributed by atoms with E-state index >= 15 is 0 Å². The molecule has 1 atom stereocenters. The van der Waals surface area contributed by atoms with Crippen molar-refractivity contribution in [3.63, 3.8) is 0 Å². The van der Waals surface area contributed by atoms with Gasteiger partial charge in [0.15, 0.2) is 0 Å². The number of nitrogens with two attached hydrogens (primary N) is 1. The third-order valence-corrected chi connectivity index (χ3v) is 4.05. The fourth-order valence-corrected chi connectivity index (χ4v) is 2.56. The van der Waals surface area contributed by atoms with Crippen LogP contribution in [-0.2, 0) is 14.8 Å². The number of hydrogen-bond donors (Lipinski definition) is 3. The number of carbonyl (C=O) groups is 1. The van der Waals surface area contributed by atoms with E-state index in [9.17, 15) is 18.3 Å². The second-order valence-corrected chi connectivity index (χ2v) is 5.95. The van der Waals surface area contributed by atoms with Gasteiger partial charge in [0.25, 0.3) is 0 Å². The fourth-order valence-electron chi connectivity index (χ4n) is 1.52.